The first-order valence-electron chi connectivity index (χ1n) is 9.09. The number of para-hydroxylation sites is 1. The topological polar surface area (TPSA) is 48.0 Å². The number of nitrogens with zero attached hydrogens (tertiary/aromatic N) is 1. The highest BCUT2D eigenvalue weighted by molar-refractivity contribution is 5.94. The molecule has 0 saturated carbocycles. The Hall–Kier alpha value is -2.53. The maximum absolute atomic E-state index is 12.8. The van der Waals surface area contributed by atoms with Crippen molar-refractivity contribution >= 4 is 11.6 Å². The Morgan fingerprint density at radius 1 is 1.08 bits per heavy atom. The molecule has 1 aliphatic heterocycles. The summed E-state index contributed by atoms with van der Waals surface area (Å²) in [4.78, 5) is 14.5. The third kappa shape index (κ3) is 4.99. The van der Waals surface area contributed by atoms with Crippen LogP contribution in [0.1, 0.15) is 19.8 Å². The predicted molar refractivity (Wildman–Crippen MR) is 101 cm³/mol. The van der Waals surface area contributed by atoms with Gasteiger partial charge in [0, 0.05) is 12.3 Å². The minimum Gasteiger partial charge on any atom is -0.494 e. The molecule has 0 aromatic heterocycles. The summed E-state index contributed by atoms with van der Waals surface area (Å²) in [5.41, 5.74) is 0.864. The van der Waals surface area contributed by atoms with Gasteiger partial charge in [0.1, 0.15) is 11.5 Å². The lowest BCUT2D eigenvalue weighted by Crippen LogP contribution is -2.40. The van der Waals surface area contributed by atoms with Crippen molar-refractivity contribution in [1.82, 2.24) is 0 Å². The van der Waals surface area contributed by atoms with Crippen LogP contribution in [-0.4, -0.2) is 38.4 Å². The summed E-state index contributed by atoms with van der Waals surface area (Å²) in [6.07, 6.45) is 2.12. The molecular weight excluding hydrogens is 330 g/mol. The first kappa shape index (κ1) is 18.3. The van der Waals surface area contributed by atoms with Crippen LogP contribution < -0.4 is 14.4 Å². The normalized spacial score (nSPS) is 16.3. The molecule has 1 saturated heterocycles. The van der Waals surface area contributed by atoms with E-state index in [-0.39, 0.29) is 18.6 Å². The van der Waals surface area contributed by atoms with Gasteiger partial charge in [0.05, 0.1) is 19.3 Å². The Balaban J connectivity index is 1.63. The van der Waals surface area contributed by atoms with E-state index in [0.29, 0.717) is 18.9 Å². The minimum atomic E-state index is -0.0828. The van der Waals surface area contributed by atoms with E-state index in [0.717, 1.165) is 30.9 Å². The molecule has 3 rings (SSSR count). The van der Waals surface area contributed by atoms with Crippen molar-refractivity contribution in [3.8, 4) is 11.5 Å². The van der Waals surface area contributed by atoms with E-state index < -0.39 is 0 Å². The number of carbonyl (C=O) groups excluding carboxylic acids is 1. The van der Waals surface area contributed by atoms with E-state index in [1.807, 2.05) is 61.5 Å². The van der Waals surface area contributed by atoms with Crippen LogP contribution in [0.4, 0.5) is 5.69 Å². The number of anilines is 1. The average molecular weight is 355 g/mol. The predicted octanol–water partition coefficient (Wildman–Crippen LogP) is 3.68. The SMILES string of the molecule is CCOc1ccc(OCC(=O)N(CC2CCCO2)c2ccccc2)cc1. The number of hydrogen-bond acceptors (Lipinski definition) is 4. The van der Waals surface area contributed by atoms with Crippen LogP contribution in [0.25, 0.3) is 0 Å². The Morgan fingerprint density at radius 3 is 2.38 bits per heavy atom. The zero-order valence-corrected chi connectivity index (χ0v) is 15.1. The molecule has 138 valence electrons. The van der Waals surface area contributed by atoms with Crippen LogP contribution in [0.2, 0.25) is 0 Å². The van der Waals surface area contributed by atoms with Crippen LogP contribution in [0.3, 0.4) is 0 Å². The molecule has 1 unspecified atom stereocenters. The van der Waals surface area contributed by atoms with Gasteiger partial charge in [-0.05, 0) is 56.2 Å². The third-order valence-electron chi connectivity index (χ3n) is 4.28. The van der Waals surface area contributed by atoms with E-state index in [4.69, 9.17) is 14.2 Å². The summed E-state index contributed by atoms with van der Waals surface area (Å²) in [7, 11) is 0. The van der Waals surface area contributed by atoms with Gasteiger partial charge in [-0.15, -0.1) is 0 Å². The van der Waals surface area contributed by atoms with E-state index in [9.17, 15) is 4.79 Å². The lowest BCUT2D eigenvalue weighted by Gasteiger charge is -2.25. The number of carbonyl (C=O) groups is 1. The van der Waals surface area contributed by atoms with Gasteiger partial charge >= 0.3 is 0 Å². The van der Waals surface area contributed by atoms with Crippen LogP contribution in [0, 0.1) is 0 Å². The fourth-order valence-corrected chi connectivity index (χ4v) is 2.97. The van der Waals surface area contributed by atoms with Crippen molar-refractivity contribution < 1.29 is 19.0 Å². The third-order valence-corrected chi connectivity index (χ3v) is 4.28. The molecule has 1 fully saturated rings. The standard InChI is InChI=1S/C21H25NO4/c1-2-24-18-10-12-19(13-11-18)26-16-21(23)22(15-20-9-6-14-25-20)17-7-4-3-5-8-17/h3-5,7-8,10-13,20H,2,6,9,14-16H2,1H3. The highest BCUT2D eigenvalue weighted by atomic mass is 16.5. The van der Waals surface area contributed by atoms with Crippen LogP contribution in [0.15, 0.2) is 54.6 Å². The maximum Gasteiger partial charge on any atom is 0.264 e. The Bertz CT molecular complexity index is 681. The molecule has 1 amide bonds. The average Bonchev–Trinajstić information content (AvgIpc) is 3.19. The number of hydrogen-bond donors (Lipinski definition) is 0. The largest absolute Gasteiger partial charge is 0.494 e. The molecule has 26 heavy (non-hydrogen) atoms. The van der Waals surface area contributed by atoms with Gasteiger partial charge in [-0.2, -0.15) is 0 Å². The molecule has 0 aliphatic carbocycles. The van der Waals surface area contributed by atoms with Crippen LogP contribution >= 0.6 is 0 Å². The summed E-state index contributed by atoms with van der Waals surface area (Å²) in [5, 5.41) is 0. The molecule has 1 aliphatic rings. The monoisotopic (exact) mass is 355 g/mol. The van der Waals surface area contributed by atoms with Crippen molar-refractivity contribution in [3.05, 3.63) is 54.6 Å². The molecule has 0 bridgehead atoms. The molecule has 2 aromatic carbocycles. The summed E-state index contributed by atoms with van der Waals surface area (Å²) < 4.78 is 16.8. The lowest BCUT2D eigenvalue weighted by molar-refractivity contribution is -0.120. The van der Waals surface area contributed by atoms with Gasteiger partial charge in [-0.3, -0.25) is 4.79 Å². The molecule has 0 radical (unpaired) electrons. The summed E-state index contributed by atoms with van der Waals surface area (Å²) in [6.45, 7) is 3.86. The molecule has 2 aromatic rings. The molecule has 1 heterocycles. The van der Waals surface area contributed by atoms with Crippen molar-refractivity contribution in [2.24, 2.45) is 0 Å². The van der Waals surface area contributed by atoms with E-state index >= 15 is 0 Å². The fourth-order valence-electron chi connectivity index (χ4n) is 2.97. The molecule has 5 nitrogen and oxygen atoms in total. The molecule has 0 N–H and O–H groups in total. The van der Waals surface area contributed by atoms with Gasteiger partial charge in [-0.25, -0.2) is 0 Å². The highest BCUT2D eigenvalue weighted by Crippen LogP contribution is 2.21. The molecule has 5 heteroatoms. The van der Waals surface area contributed by atoms with Crippen molar-refractivity contribution in [3.63, 3.8) is 0 Å². The first-order valence-corrected chi connectivity index (χ1v) is 9.09. The smallest absolute Gasteiger partial charge is 0.264 e. The second kappa shape index (κ2) is 9.25. The van der Waals surface area contributed by atoms with Gasteiger partial charge < -0.3 is 19.1 Å². The zero-order valence-electron chi connectivity index (χ0n) is 15.1. The Labute approximate surface area is 154 Å². The highest BCUT2D eigenvalue weighted by Gasteiger charge is 2.24. The van der Waals surface area contributed by atoms with Gasteiger partial charge in [0.15, 0.2) is 6.61 Å². The fraction of sp³-hybridized carbons (Fsp3) is 0.381. The lowest BCUT2D eigenvalue weighted by atomic mass is 10.2. The minimum absolute atomic E-state index is 0.0183. The Kier molecular flexibility index (Phi) is 6.50. The summed E-state index contributed by atoms with van der Waals surface area (Å²) >= 11 is 0. The first-order chi connectivity index (χ1) is 12.8. The van der Waals surface area contributed by atoms with E-state index in [1.165, 1.54) is 0 Å². The maximum atomic E-state index is 12.8. The van der Waals surface area contributed by atoms with E-state index in [2.05, 4.69) is 0 Å². The van der Waals surface area contributed by atoms with Crippen LogP contribution in [0.5, 0.6) is 11.5 Å². The summed E-state index contributed by atoms with van der Waals surface area (Å²) in [6, 6.07) is 17.0. The number of benzene rings is 2. The second-order valence-electron chi connectivity index (χ2n) is 6.17. The molecule has 1 atom stereocenters. The van der Waals surface area contributed by atoms with Crippen molar-refractivity contribution in [2.45, 2.75) is 25.9 Å². The van der Waals surface area contributed by atoms with Crippen LogP contribution in [-0.2, 0) is 9.53 Å². The van der Waals surface area contributed by atoms with Gasteiger partial charge in [0.25, 0.3) is 5.91 Å². The molecular formula is C21H25NO4. The summed E-state index contributed by atoms with van der Waals surface area (Å²) in [5.74, 6) is 1.35. The second-order valence-corrected chi connectivity index (χ2v) is 6.17. The number of amides is 1. The number of rotatable bonds is 8. The molecule has 0 spiro atoms. The Morgan fingerprint density at radius 2 is 1.77 bits per heavy atom. The van der Waals surface area contributed by atoms with Gasteiger partial charge in [-0.1, -0.05) is 18.2 Å². The van der Waals surface area contributed by atoms with Gasteiger partial charge in [0.2, 0.25) is 0 Å². The van der Waals surface area contributed by atoms with E-state index in [1.54, 1.807) is 4.90 Å². The number of ether oxygens (including phenoxy) is 3. The van der Waals surface area contributed by atoms with Crippen molar-refractivity contribution in [2.75, 3.05) is 31.3 Å². The zero-order chi connectivity index (χ0) is 18.2. The quantitative estimate of drug-likeness (QED) is 0.725. The van der Waals surface area contributed by atoms with Crippen molar-refractivity contribution in [1.29, 1.82) is 0 Å².